The van der Waals surface area contributed by atoms with E-state index < -0.39 is 6.43 Å². The molecule has 3 aliphatic carbocycles. The van der Waals surface area contributed by atoms with Gasteiger partial charge in [0, 0.05) is 31.2 Å². The summed E-state index contributed by atoms with van der Waals surface area (Å²) in [6.45, 7) is 3.32. The number of imidazole rings is 1. The van der Waals surface area contributed by atoms with Crippen molar-refractivity contribution in [3.63, 3.8) is 0 Å². The Hall–Kier alpha value is -2.85. The number of alkyl halides is 2. The number of para-hydroxylation sites is 2. The van der Waals surface area contributed by atoms with Crippen LogP contribution in [-0.2, 0) is 4.74 Å². The lowest BCUT2D eigenvalue weighted by molar-refractivity contribution is 0.0555. The van der Waals surface area contributed by atoms with E-state index in [0.29, 0.717) is 54.9 Å². The van der Waals surface area contributed by atoms with Crippen molar-refractivity contribution < 1.29 is 13.5 Å². The molecule has 1 saturated heterocycles. The van der Waals surface area contributed by atoms with Gasteiger partial charge >= 0.3 is 0 Å². The van der Waals surface area contributed by atoms with E-state index >= 15 is 0 Å². The zero-order valence-electron chi connectivity index (χ0n) is 19.7. The lowest BCUT2D eigenvalue weighted by Crippen LogP contribution is -2.53. The molecule has 35 heavy (non-hydrogen) atoms. The highest BCUT2D eigenvalue weighted by atomic mass is 19.3. The molecule has 4 aliphatic rings. The average Bonchev–Trinajstić information content (AvgIpc) is 3.29. The molecule has 2 bridgehead atoms. The zero-order valence-corrected chi connectivity index (χ0v) is 19.7. The first-order valence-corrected chi connectivity index (χ1v) is 12.4. The Morgan fingerprint density at radius 2 is 1.66 bits per heavy atom. The van der Waals surface area contributed by atoms with Crippen LogP contribution in [0.15, 0.2) is 30.3 Å². The van der Waals surface area contributed by atoms with E-state index in [1.54, 1.807) is 24.3 Å². The average molecular weight is 484 g/mol. The van der Waals surface area contributed by atoms with Gasteiger partial charge < -0.3 is 20.7 Å². The maximum Gasteiger partial charge on any atom is 0.296 e. The molecule has 0 spiro atoms. The van der Waals surface area contributed by atoms with Crippen molar-refractivity contribution >= 4 is 22.8 Å². The third-order valence-electron chi connectivity index (χ3n) is 8.13. The van der Waals surface area contributed by atoms with Gasteiger partial charge in [-0.2, -0.15) is 9.97 Å². The number of benzene rings is 1. The maximum atomic E-state index is 14.1. The van der Waals surface area contributed by atoms with E-state index in [2.05, 4.69) is 15.2 Å². The van der Waals surface area contributed by atoms with Crippen LogP contribution in [0.25, 0.3) is 16.9 Å². The Bertz CT molecular complexity index is 1200. The Balaban J connectivity index is 1.38. The number of aromatic nitrogens is 4. The molecule has 0 unspecified atom stereocenters. The second-order valence-electron chi connectivity index (χ2n) is 10.3. The third-order valence-corrected chi connectivity index (χ3v) is 8.13. The molecule has 3 aromatic rings. The van der Waals surface area contributed by atoms with Crippen LogP contribution in [0, 0.1) is 5.41 Å². The van der Waals surface area contributed by atoms with Gasteiger partial charge in [0.2, 0.25) is 5.95 Å². The molecule has 0 amide bonds. The van der Waals surface area contributed by atoms with Crippen molar-refractivity contribution in [1.82, 2.24) is 19.5 Å². The topological polar surface area (TPSA) is 94.1 Å². The minimum absolute atomic E-state index is 0.00974. The van der Waals surface area contributed by atoms with Crippen molar-refractivity contribution in [2.75, 3.05) is 43.1 Å². The quantitative estimate of drug-likeness (QED) is 0.546. The number of anilines is 2. The minimum atomic E-state index is -2.74. The standard InChI is InChI=1S/C25H31F2N7O/c26-21(27)22-30-17-3-1-2-4-18(17)34(22)20-15-19(33-11-13-35-14-12-33)31-23(32-20)29-16-24-5-8-25(28,9-6-24)10-7-24/h1-4,15,21H,5-14,16,28H2,(H,29,31,32). The van der Waals surface area contributed by atoms with Crippen molar-refractivity contribution in [2.45, 2.75) is 50.5 Å². The third kappa shape index (κ3) is 4.23. The SMILES string of the molecule is NC12CCC(CNc3nc(N4CCOCC4)cc(-n4c(C(F)F)nc5ccccc54)n3)(CC1)CC2. The van der Waals surface area contributed by atoms with Crippen molar-refractivity contribution in [1.29, 1.82) is 0 Å². The molecule has 7 rings (SSSR count). The molecule has 10 heteroatoms. The van der Waals surface area contributed by atoms with Crippen LogP contribution >= 0.6 is 0 Å². The first kappa shape index (κ1) is 22.6. The van der Waals surface area contributed by atoms with Gasteiger partial charge in [-0.25, -0.2) is 13.8 Å². The molecule has 1 aromatic carbocycles. The van der Waals surface area contributed by atoms with Gasteiger partial charge in [-0.3, -0.25) is 4.57 Å². The smallest absolute Gasteiger partial charge is 0.296 e. The number of morpholine rings is 1. The van der Waals surface area contributed by atoms with Gasteiger partial charge in [-0.15, -0.1) is 0 Å². The molecule has 0 radical (unpaired) electrons. The van der Waals surface area contributed by atoms with Crippen LogP contribution in [0.3, 0.4) is 0 Å². The highest BCUT2D eigenvalue weighted by molar-refractivity contribution is 5.78. The zero-order chi connectivity index (χ0) is 24.0. The van der Waals surface area contributed by atoms with E-state index in [1.165, 1.54) is 4.57 Å². The highest BCUT2D eigenvalue weighted by Crippen LogP contribution is 2.51. The summed E-state index contributed by atoms with van der Waals surface area (Å²) in [5.41, 5.74) is 7.80. The summed E-state index contributed by atoms with van der Waals surface area (Å²) in [6.07, 6.45) is 3.69. The molecule has 2 aromatic heterocycles. The first-order valence-electron chi connectivity index (χ1n) is 12.4. The van der Waals surface area contributed by atoms with E-state index in [0.717, 1.165) is 45.1 Å². The normalized spacial score (nSPS) is 26.6. The summed E-state index contributed by atoms with van der Waals surface area (Å²) in [6, 6.07) is 8.93. The van der Waals surface area contributed by atoms with E-state index in [9.17, 15) is 8.78 Å². The predicted molar refractivity (Wildman–Crippen MR) is 130 cm³/mol. The summed E-state index contributed by atoms with van der Waals surface area (Å²) in [5.74, 6) is 1.22. The Morgan fingerprint density at radius 3 is 2.37 bits per heavy atom. The van der Waals surface area contributed by atoms with Gasteiger partial charge in [0.25, 0.3) is 6.43 Å². The summed E-state index contributed by atoms with van der Waals surface area (Å²) >= 11 is 0. The molecule has 0 atom stereocenters. The highest BCUT2D eigenvalue weighted by Gasteiger charge is 2.46. The van der Waals surface area contributed by atoms with Gasteiger partial charge in [-0.05, 0) is 56.1 Å². The predicted octanol–water partition coefficient (Wildman–Crippen LogP) is 4.05. The summed E-state index contributed by atoms with van der Waals surface area (Å²) in [5, 5.41) is 3.48. The molecule has 3 saturated carbocycles. The van der Waals surface area contributed by atoms with Gasteiger partial charge in [0.1, 0.15) is 11.6 Å². The van der Waals surface area contributed by atoms with Gasteiger partial charge in [0.15, 0.2) is 5.82 Å². The summed E-state index contributed by atoms with van der Waals surface area (Å²) in [4.78, 5) is 15.8. The Labute approximate surface area is 202 Å². The first-order chi connectivity index (χ1) is 16.9. The van der Waals surface area contributed by atoms with E-state index in [4.69, 9.17) is 20.4 Å². The van der Waals surface area contributed by atoms with Gasteiger partial charge in [-0.1, -0.05) is 12.1 Å². The summed E-state index contributed by atoms with van der Waals surface area (Å²) in [7, 11) is 0. The fraction of sp³-hybridized carbons (Fsp3) is 0.560. The van der Waals surface area contributed by atoms with Crippen LogP contribution in [0.5, 0.6) is 0 Å². The Morgan fingerprint density at radius 1 is 0.971 bits per heavy atom. The largest absolute Gasteiger partial charge is 0.378 e. The molecule has 186 valence electrons. The molecule has 1 aliphatic heterocycles. The number of hydrogen-bond donors (Lipinski definition) is 2. The number of halogens is 2. The molecule has 3 N–H and O–H groups in total. The van der Waals surface area contributed by atoms with Crippen LogP contribution in [-0.4, -0.2) is 57.9 Å². The van der Waals surface area contributed by atoms with Crippen molar-refractivity contribution in [3.8, 4) is 5.82 Å². The number of rotatable bonds is 6. The van der Waals surface area contributed by atoms with Crippen LogP contribution in [0.1, 0.15) is 50.8 Å². The molecule has 8 nitrogen and oxygen atoms in total. The molecule has 4 fully saturated rings. The number of nitrogens with zero attached hydrogens (tertiary/aromatic N) is 5. The second-order valence-corrected chi connectivity index (χ2v) is 10.3. The summed E-state index contributed by atoms with van der Waals surface area (Å²) < 4.78 is 35.1. The number of fused-ring (bicyclic) bond motifs is 4. The second kappa shape index (κ2) is 8.67. The van der Waals surface area contributed by atoms with Crippen LogP contribution in [0.4, 0.5) is 20.5 Å². The number of nitrogens with two attached hydrogens (primary N) is 1. The van der Waals surface area contributed by atoms with Crippen molar-refractivity contribution in [3.05, 3.63) is 36.2 Å². The fourth-order valence-electron chi connectivity index (χ4n) is 5.83. The Kier molecular flexibility index (Phi) is 5.60. The number of ether oxygens (including phenoxy) is 1. The minimum Gasteiger partial charge on any atom is -0.378 e. The maximum absolute atomic E-state index is 14.1. The molecular formula is C25H31F2N7O. The van der Waals surface area contributed by atoms with E-state index in [-0.39, 0.29) is 16.8 Å². The van der Waals surface area contributed by atoms with Crippen molar-refractivity contribution in [2.24, 2.45) is 11.1 Å². The lowest BCUT2D eigenvalue weighted by atomic mass is 9.57. The fourth-order valence-corrected chi connectivity index (χ4v) is 5.83. The number of hydrogen-bond acceptors (Lipinski definition) is 7. The molecular weight excluding hydrogens is 452 g/mol. The monoisotopic (exact) mass is 483 g/mol. The van der Waals surface area contributed by atoms with E-state index in [1.807, 2.05) is 6.07 Å². The lowest BCUT2D eigenvalue weighted by Gasteiger charge is -2.52. The molecule has 3 heterocycles. The van der Waals surface area contributed by atoms with Gasteiger partial charge in [0.05, 0.1) is 24.2 Å². The van der Waals surface area contributed by atoms with Crippen LogP contribution in [0.2, 0.25) is 0 Å². The van der Waals surface area contributed by atoms with Crippen LogP contribution < -0.4 is 16.0 Å². The number of nitrogens with one attached hydrogen (secondary N) is 1.